The molecule has 1 aliphatic rings. The Morgan fingerprint density at radius 3 is 2.83 bits per heavy atom. The number of nitrogens with zero attached hydrogens (tertiary/aromatic N) is 3. The van der Waals surface area contributed by atoms with Gasteiger partial charge in [0.05, 0.1) is 16.5 Å². The van der Waals surface area contributed by atoms with Gasteiger partial charge in [0.15, 0.2) is 4.80 Å². The van der Waals surface area contributed by atoms with Gasteiger partial charge in [-0.1, -0.05) is 23.5 Å². The van der Waals surface area contributed by atoms with Crippen molar-refractivity contribution in [1.29, 1.82) is 0 Å². The first kappa shape index (κ1) is 16.4. The molecule has 6 nitrogen and oxygen atoms in total. The van der Waals surface area contributed by atoms with Crippen LogP contribution in [0.1, 0.15) is 19.8 Å². The van der Waals surface area contributed by atoms with Gasteiger partial charge >= 0.3 is 0 Å². The maximum Gasteiger partial charge on any atom is 0.266 e. The van der Waals surface area contributed by atoms with Crippen LogP contribution in [0.15, 0.2) is 29.3 Å². The number of hydrogen-bond donors (Lipinski definition) is 0. The summed E-state index contributed by atoms with van der Waals surface area (Å²) in [6, 6.07) is 7.23. The number of para-hydroxylation sites is 1. The maximum atomic E-state index is 12.5. The molecular formula is C15H19N3O3S2. The zero-order valence-corrected chi connectivity index (χ0v) is 14.7. The van der Waals surface area contributed by atoms with Crippen molar-refractivity contribution in [3.05, 3.63) is 29.1 Å². The normalized spacial score (nSPS) is 20.4. The van der Waals surface area contributed by atoms with Gasteiger partial charge < -0.3 is 4.57 Å². The Morgan fingerprint density at radius 1 is 1.39 bits per heavy atom. The zero-order chi connectivity index (χ0) is 16.6. The summed E-state index contributed by atoms with van der Waals surface area (Å²) in [5, 5.41) is 0. The third kappa shape index (κ3) is 3.11. The van der Waals surface area contributed by atoms with Crippen molar-refractivity contribution < 1.29 is 13.2 Å². The minimum Gasteiger partial charge on any atom is -0.317 e. The van der Waals surface area contributed by atoms with E-state index < -0.39 is 16.1 Å². The number of sulfonamides is 1. The van der Waals surface area contributed by atoms with Crippen LogP contribution in [-0.2, 0) is 21.4 Å². The lowest BCUT2D eigenvalue weighted by atomic mass is 10.2. The van der Waals surface area contributed by atoms with Gasteiger partial charge in [-0.25, -0.2) is 8.42 Å². The molecule has 1 amide bonds. The summed E-state index contributed by atoms with van der Waals surface area (Å²) in [6.07, 6.45) is 2.37. The largest absolute Gasteiger partial charge is 0.317 e. The van der Waals surface area contributed by atoms with Gasteiger partial charge in [-0.15, -0.1) is 0 Å². The SMILES string of the molecule is CCn1c(=NC(=O)C2CCCN2S(C)(=O)=O)sc2ccccc21. The van der Waals surface area contributed by atoms with E-state index in [9.17, 15) is 13.2 Å². The van der Waals surface area contributed by atoms with Crippen LogP contribution in [-0.4, -0.2) is 42.0 Å². The minimum absolute atomic E-state index is 0.373. The number of aryl methyl sites for hydroxylation is 1. The molecule has 1 saturated heterocycles. The highest BCUT2D eigenvalue weighted by Crippen LogP contribution is 2.22. The van der Waals surface area contributed by atoms with Crippen LogP contribution in [0.25, 0.3) is 10.2 Å². The van der Waals surface area contributed by atoms with E-state index in [1.807, 2.05) is 35.8 Å². The molecule has 0 bridgehead atoms. The van der Waals surface area contributed by atoms with Crippen molar-refractivity contribution in [2.45, 2.75) is 32.4 Å². The van der Waals surface area contributed by atoms with Gasteiger partial charge in [-0.2, -0.15) is 9.30 Å². The van der Waals surface area contributed by atoms with Crippen molar-refractivity contribution in [1.82, 2.24) is 8.87 Å². The van der Waals surface area contributed by atoms with Crippen molar-refractivity contribution in [2.75, 3.05) is 12.8 Å². The van der Waals surface area contributed by atoms with E-state index in [-0.39, 0.29) is 5.91 Å². The van der Waals surface area contributed by atoms with Crippen LogP contribution in [0.3, 0.4) is 0 Å². The molecule has 124 valence electrons. The second-order valence-electron chi connectivity index (χ2n) is 5.58. The lowest BCUT2D eigenvalue weighted by Crippen LogP contribution is -2.39. The molecule has 23 heavy (non-hydrogen) atoms. The Bertz CT molecular complexity index is 911. The monoisotopic (exact) mass is 353 g/mol. The molecule has 1 fully saturated rings. The van der Waals surface area contributed by atoms with Gasteiger partial charge in [0, 0.05) is 13.1 Å². The average molecular weight is 353 g/mol. The number of thiazole rings is 1. The lowest BCUT2D eigenvalue weighted by molar-refractivity contribution is -0.121. The average Bonchev–Trinajstić information content (AvgIpc) is 3.10. The van der Waals surface area contributed by atoms with Gasteiger partial charge in [0.2, 0.25) is 10.0 Å². The third-order valence-corrected chi connectivity index (χ3v) is 6.37. The molecule has 0 saturated carbocycles. The molecule has 2 aromatic rings. The highest BCUT2D eigenvalue weighted by atomic mass is 32.2. The first-order valence-corrected chi connectivity index (χ1v) is 10.2. The highest BCUT2D eigenvalue weighted by Gasteiger charge is 2.36. The topological polar surface area (TPSA) is 71.7 Å². The van der Waals surface area contributed by atoms with Crippen LogP contribution in [0, 0.1) is 0 Å². The fourth-order valence-corrected chi connectivity index (χ4v) is 5.18. The first-order chi connectivity index (χ1) is 10.9. The summed E-state index contributed by atoms with van der Waals surface area (Å²) in [5.74, 6) is -0.373. The predicted octanol–water partition coefficient (Wildman–Crippen LogP) is 1.57. The molecule has 0 aliphatic carbocycles. The molecular weight excluding hydrogens is 334 g/mol. The molecule has 0 spiro atoms. The summed E-state index contributed by atoms with van der Waals surface area (Å²) < 4.78 is 27.9. The Balaban J connectivity index is 2.03. The zero-order valence-electron chi connectivity index (χ0n) is 13.1. The Hall–Kier alpha value is -1.51. The molecule has 1 aromatic carbocycles. The molecule has 1 unspecified atom stereocenters. The first-order valence-electron chi connectivity index (χ1n) is 7.55. The molecule has 3 rings (SSSR count). The number of amides is 1. The smallest absolute Gasteiger partial charge is 0.266 e. The molecule has 2 heterocycles. The number of fused-ring (bicyclic) bond motifs is 1. The quantitative estimate of drug-likeness (QED) is 0.841. The van der Waals surface area contributed by atoms with Gasteiger partial charge in [0.25, 0.3) is 5.91 Å². The van der Waals surface area contributed by atoms with E-state index >= 15 is 0 Å². The summed E-state index contributed by atoms with van der Waals surface area (Å²) in [7, 11) is -3.38. The van der Waals surface area contributed by atoms with E-state index in [1.165, 1.54) is 15.6 Å². The number of rotatable bonds is 3. The number of hydrogen-bond acceptors (Lipinski definition) is 4. The lowest BCUT2D eigenvalue weighted by Gasteiger charge is -2.18. The number of carbonyl (C=O) groups excluding carboxylic acids is 1. The fraction of sp³-hybridized carbons (Fsp3) is 0.467. The predicted molar refractivity (Wildman–Crippen MR) is 90.6 cm³/mol. The molecule has 1 aromatic heterocycles. The van der Waals surface area contributed by atoms with Gasteiger partial charge in [-0.3, -0.25) is 4.79 Å². The van der Waals surface area contributed by atoms with Crippen molar-refractivity contribution in [3.63, 3.8) is 0 Å². The van der Waals surface area contributed by atoms with E-state index in [1.54, 1.807) is 0 Å². The van der Waals surface area contributed by atoms with E-state index in [0.717, 1.165) is 16.5 Å². The highest BCUT2D eigenvalue weighted by molar-refractivity contribution is 7.88. The second-order valence-corrected chi connectivity index (χ2v) is 8.52. The number of benzene rings is 1. The van der Waals surface area contributed by atoms with Crippen LogP contribution >= 0.6 is 11.3 Å². The molecule has 8 heteroatoms. The van der Waals surface area contributed by atoms with Crippen molar-refractivity contribution >= 4 is 37.5 Å². The fourth-order valence-electron chi connectivity index (χ4n) is 2.96. The Morgan fingerprint density at radius 2 is 2.13 bits per heavy atom. The van der Waals surface area contributed by atoms with Gasteiger partial charge in [-0.05, 0) is 31.9 Å². The van der Waals surface area contributed by atoms with Crippen LogP contribution in [0.4, 0.5) is 0 Å². The molecule has 1 atom stereocenters. The third-order valence-electron chi connectivity index (χ3n) is 4.02. The minimum atomic E-state index is -3.38. The van der Waals surface area contributed by atoms with Crippen LogP contribution < -0.4 is 4.80 Å². The van der Waals surface area contributed by atoms with Crippen LogP contribution in [0.2, 0.25) is 0 Å². The number of carbonyl (C=O) groups is 1. The van der Waals surface area contributed by atoms with Crippen molar-refractivity contribution in [3.8, 4) is 0 Å². The van der Waals surface area contributed by atoms with E-state index in [4.69, 9.17) is 0 Å². The van der Waals surface area contributed by atoms with E-state index in [2.05, 4.69) is 4.99 Å². The Labute approximate surface area is 139 Å². The summed E-state index contributed by atoms with van der Waals surface area (Å²) >= 11 is 1.45. The Kier molecular flexibility index (Phi) is 4.39. The summed E-state index contributed by atoms with van der Waals surface area (Å²) in [6.45, 7) is 3.10. The molecule has 1 aliphatic heterocycles. The van der Waals surface area contributed by atoms with Gasteiger partial charge in [0.1, 0.15) is 6.04 Å². The second kappa shape index (κ2) is 6.18. The molecule has 0 N–H and O–H groups in total. The van der Waals surface area contributed by atoms with Crippen LogP contribution in [0.5, 0.6) is 0 Å². The standard InChI is InChI=1S/C15H19N3O3S2/c1-3-17-11-7-4-5-9-13(11)22-15(17)16-14(19)12-8-6-10-18(12)23(2,20)21/h4-5,7,9,12H,3,6,8,10H2,1-2H3. The summed E-state index contributed by atoms with van der Waals surface area (Å²) in [5.41, 5.74) is 1.04. The van der Waals surface area contributed by atoms with E-state index in [0.29, 0.717) is 30.7 Å². The molecule has 0 radical (unpaired) electrons. The van der Waals surface area contributed by atoms with Crippen molar-refractivity contribution in [2.24, 2.45) is 4.99 Å². The number of aromatic nitrogens is 1. The maximum absolute atomic E-state index is 12.5. The summed E-state index contributed by atoms with van der Waals surface area (Å²) in [4.78, 5) is 17.4.